The molecule has 0 bridgehead atoms. The maximum absolute atomic E-state index is 11.4. The van der Waals surface area contributed by atoms with E-state index in [1.807, 2.05) is 0 Å². The van der Waals surface area contributed by atoms with Crippen molar-refractivity contribution in [1.29, 1.82) is 0 Å². The maximum atomic E-state index is 11.4. The molecule has 0 aromatic heterocycles. The molecule has 20 heavy (non-hydrogen) atoms. The minimum Gasteiger partial charge on any atom is -0.449 e. The van der Waals surface area contributed by atoms with Crippen molar-refractivity contribution in [2.24, 2.45) is 0 Å². The van der Waals surface area contributed by atoms with Crippen molar-refractivity contribution in [2.45, 2.75) is 39.2 Å². The van der Waals surface area contributed by atoms with E-state index in [0.717, 1.165) is 0 Å². The van der Waals surface area contributed by atoms with E-state index in [-0.39, 0.29) is 24.9 Å². The number of hydrogen-bond donors (Lipinski definition) is 2. The zero-order valence-corrected chi connectivity index (χ0v) is 12.7. The Morgan fingerprint density at radius 3 is 2.35 bits per heavy atom. The van der Waals surface area contributed by atoms with Crippen LogP contribution in [0.4, 0.5) is 4.79 Å². The smallest absolute Gasteiger partial charge is 0.408 e. The summed E-state index contributed by atoms with van der Waals surface area (Å²) < 4.78 is 9.48. The van der Waals surface area contributed by atoms with Gasteiger partial charge in [0.2, 0.25) is 5.91 Å². The zero-order valence-electron chi connectivity index (χ0n) is 12.0. The number of carbonyl (C=O) groups excluding carboxylic acids is 3. The van der Waals surface area contributed by atoms with E-state index in [1.54, 1.807) is 20.8 Å². The summed E-state index contributed by atoms with van der Waals surface area (Å²) >= 11 is 5.21. The molecule has 8 heteroatoms. The van der Waals surface area contributed by atoms with Crippen LogP contribution in [0, 0.1) is 0 Å². The number of esters is 1. The Bertz CT molecular complexity index is 341. The molecule has 2 N–H and O–H groups in total. The average molecular weight is 309 g/mol. The quantitative estimate of drug-likeness (QED) is 0.418. The van der Waals surface area contributed by atoms with E-state index in [1.165, 1.54) is 0 Å². The Balaban J connectivity index is 3.64. The van der Waals surface area contributed by atoms with Crippen LogP contribution >= 0.6 is 11.6 Å². The number of ether oxygens (including phenoxy) is 2. The van der Waals surface area contributed by atoms with Gasteiger partial charge in [-0.15, -0.1) is 0 Å². The zero-order chi connectivity index (χ0) is 15.6. The van der Waals surface area contributed by atoms with Crippen molar-refractivity contribution < 1.29 is 23.9 Å². The molecule has 0 rings (SSSR count). The molecular weight excluding hydrogens is 288 g/mol. The third-order valence-corrected chi connectivity index (χ3v) is 2.00. The monoisotopic (exact) mass is 308 g/mol. The predicted octanol–water partition coefficient (Wildman–Crippen LogP) is 1.15. The summed E-state index contributed by atoms with van der Waals surface area (Å²) in [5.74, 6) is -0.775. The van der Waals surface area contributed by atoms with Crippen molar-refractivity contribution >= 4 is 29.6 Å². The molecule has 0 spiro atoms. The summed E-state index contributed by atoms with van der Waals surface area (Å²) in [6.07, 6.45) is -0.0428. The summed E-state index contributed by atoms with van der Waals surface area (Å²) in [5.41, 5.74) is -0.608. The highest BCUT2D eigenvalue weighted by molar-refractivity contribution is 6.17. The van der Waals surface area contributed by atoms with Gasteiger partial charge in [-0.2, -0.15) is 0 Å². The van der Waals surface area contributed by atoms with E-state index >= 15 is 0 Å². The fourth-order valence-electron chi connectivity index (χ4n) is 1.12. The Labute approximate surface area is 123 Å². The van der Waals surface area contributed by atoms with Gasteiger partial charge in [-0.3, -0.25) is 9.59 Å². The van der Waals surface area contributed by atoms with Gasteiger partial charge >= 0.3 is 12.1 Å². The average Bonchev–Trinajstić information content (AvgIpc) is 2.30. The summed E-state index contributed by atoms with van der Waals surface area (Å²) in [5, 5.41) is 4.88. The molecule has 116 valence electrons. The fraction of sp³-hybridized carbons (Fsp3) is 0.750. The lowest BCUT2D eigenvalue weighted by molar-refractivity contribution is -0.141. The maximum Gasteiger partial charge on any atom is 0.408 e. The molecule has 0 aliphatic rings. The van der Waals surface area contributed by atoms with Gasteiger partial charge in [-0.05, 0) is 27.2 Å². The van der Waals surface area contributed by atoms with Gasteiger partial charge in [-0.1, -0.05) is 11.6 Å². The van der Waals surface area contributed by atoms with Crippen LogP contribution in [-0.2, 0) is 19.1 Å². The van der Waals surface area contributed by atoms with Gasteiger partial charge in [0.25, 0.3) is 0 Å². The van der Waals surface area contributed by atoms with Gasteiger partial charge < -0.3 is 20.1 Å². The molecule has 0 aliphatic carbocycles. The lowest BCUT2D eigenvalue weighted by atomic mass is 10.2. The Hall–Kier alpha value is -1.50. The molecule has 0 heterocycles. The van der Waals surface area contributed by atoms with Gasteiger partial charge in [0.15, 0.2) is 6.07 Å². The number of halogens is 1. The second-order valence-electron chi connectivity index (χ2n) is 4.93. The number of alkyl halides is 1. The number of carbonyl (C=O) groups is 3. The van der Waals surface area contributed by atoms with Crippen LogP contribution in [0.1, 0.15) is 33.6 Å². The molecule has 0 aromatic carbocycles. The van der Waals surface area contributed by atoms with Crippen molar-refractivity contribution in [1.82, 2.24) is 10.6 Å². The Morgan fingerprint density at radius 1 is 1.15 bits per heavy atom. The first kappa shape index (κ1) is 18.5. The number of rotatable bonds is 7. The molecule has 0 unspecified atom stereocenters. The first-order chi connectivity index (χ1) is 9.24. The highest BCUT2D eigenvalue weighted by atomic mass is 35.5. The standard InChI is InChI=1S/C12H21ClN2O5/c1-12(2,3)20-11(18)15-7-9(16)14-6-4-5-10(17)19-8-13/h4-8H2,1-3H3,(H,14,16)(H,15,18). The van der Waals surface area contributed by atoms with Crippen LogP contribution in [0.15, 0.2) is 0 Å². The van der Waals surface area contributed by atoms with Crippen molar-refractivity contribution in [3.63, 3.8) is 0 Å². The van der Waals surface area contributed by atoms with Crippen LogP contribution in [0.2, 0.25) is 0 Å². The minimum atomic E-state index is -0.654. The van der Waals surface area contributed by atoms with E-state index in [2.05, 4.69) is 15.4 Å². The second-order valence-corrected chi connectivity index (χ2v) is 5.15. The van der Waals surface area contributed by atoms with Crippen molar-refractivity contribution in [2.75, 3.05) is 19.2 Å². The van der Waals surface area contributed by atoms with Crippen molar-refractivity contribution in [3.05, 3.63) is 0 Å². The Morgan fingerprint density at radius 2 is 1.80 bits per heavy atom. The molecule has 0 saturated heterocycles. The number of alkyl carbamates (subject to hydrolysis) is 1. The van der Waals surface area contributed by atoms with Crippen molar-refractivity contribution in [3.8, 4) is 0 Å². The van der Waals surface area contributed by atoms with E-state index in [9.17, 15) is 14.4 Å². The van der Waals surface area contributed by atoms with Gasteiger partial charge in [-0.25, -0.2) is 4.79 Å². The van der Waals surface area contributed by atoms with Crippen LogP contribution < -0.4 is 10.6 Å². The highest BCUT2D eigenvalue weighted by Crippen LogP contribution is 2.05. The first-order valence-corrected chi connectivity index (χ1v) is 6.73. The first-order valence-electron chi connectivity index (χ1n) is 6.19. The highest BCUT2D eigenvalue weighted by Gasteiger charge is 2.16. The van der Waals surface area contributed by atoms with Gasteiger partial charge in [0.1, 0.15) is 5.60 Å². The molecule has 0 aliphatic heterocycles. The topological polar surface area (TPSA) is 93.7 Å². The third kappa shape index (κ3) is 11.6. The molecule has 2 amide bonds. The SMILES string of the molecule is CC(C)(C)OC(=O)NCC(=O)NCCCC(=O)OCCl. The second kappa shape index (κ2) is 9.41. The van der Waals surface area contributed by atoms with Crippen LogP contribution in [0.3, 0.4) is 0 Å². The van der Waals surface area contributed by atoms with E-state index in [0.29, 0.717) is 13.0 Å². The summed E-state index contributed by atoms with van der Waals surface area (Å²) in [6.45, 7) is 5.32. The van der Waals surface area contributed by atoms with Gasteiger partial charge in [0, 0.05) is 13.0 Å². The predicted molar refractivity (Wildman–Crippen MR) is 73.3 cm³/mol. The fourth-order valence-corrected chi connectivity index (χ4v) is 1.24. The minimum absolute atomic E-state index is 0.173. The summed E-state index contributed by atoms with van der Waals surface area (Å²) in [7, 11) is 0. The lowest BCUT2D eigenvalue weighted by Gasteiger charge is -2.19. The van der Waals surface area contributed by atoms with Gasteiger partial charge in [0.05, 0.1) is 6.54 Å². The van der Waals surface area contributed by atoms with Crippen LogP contribution in [0.5, 0.6) is 0 Å². The third-order valence-electron chi connectivity index (χ3n) is 1.89. The number of hydrogen-bond acceptors (Lipinski definition) is 5. The normalized spacial score (nSPS) is 10.6. The molecule has 0 radical (unpaired) electrons. The summed E-state index contributed by atoms with van der Waals surface area (Å²) in [4.78, 5) is 33.6. The largest absolute Gasteiger partial charge is 0.449 e. The van der Waals surface area contributed by atoms with Crippen LogP contribution in [-0.4, -0.2) is 42.7 Å². The molecule has 0 aromatic rings. The van der Waals surface area contributed by atoms with Crippen LogP contribution in [0.25, 0.3) is 0 Å². The molecule has 0 fully saturated rings. The molecule has 0 atom stereocenters. The number of nitrogens with one attached hydrogen (secondary N) is 2. The van der Waals surface area contributed by atoms with E-state index in [4.69, 9.17) is 16.3 Å². The molecule has 0 saturated carbocycles. The summed E-state index contributed by atoms with van der Waals surface area (Å²) in [6, 6.07) is -0.176. The molecular formula is C12H21ClN2O5. The van der Waals surface area contributed by atoms with E-state index < -0.39 is 17.7 Å². The Kier molecular flexibility index (Phi) is 8.71. The lowest BCUT2D eigenvalue weighted by Crippen LogP contribution is -2.40. The molecule has 7 nitrogen and oxygen atoms in total. The number of amides is 2.